The minimum atomic E-state index is 0.0377. The van der Waals surface area contributed by atoms with Crippen LogP contribution in [0, 0.1) is 5.92 Å². The van der Waals surface area contributed by atoms with Gasteiger partial charge in [-0.05, 0) is 42.9 Å². The minimum Gasteiger partial charge on any atom is -0.491 e. The van der Waals surface area contributed by atoms with Crippen LogP contribution < -0.4 is 4.74 Å². The van der Waals surface area contributed by atoms with Gasteiger partial charge in [0.2, 0.25) is 0 Å². The van der Waals surface area contributed by atoms with E-state index in [9.17, 15) is 5.11 Å². The molecule has 1 aliphatic carbocycles. The summed E-state index contributed by atoms with van der Waals surface area (Å²) in [6.07, 6.45) is 7.82. The Labute approximate surface area is 163 Å². The molecule has 1 saturated heterocycles. The fraction of sp³-hybridized carbons (Fsp3) is 0.727. The topological polar surface area (TPSA) is 56.2 Å². The first-order valence-corrected chi connectivity index (χ1v) is 10.7. The van der Waals surface area contributed by atoms with Gasteiger partial charge in [-0.3, -0.25) is 9.80 Å². The quantitative estimate of drug-likeness (QED) is 0.694. The smallest absolute Gasteiger partial charge is 0.119 e. The van der Waals surface area contributed by atoms with E-state index in [2.05, 4.69) is 21.9 Å². The highest BCUT2D eigenvalue weighted by atomic mass is 16.5. The van der Waals surface area contributed by atoms with Crippen LogP contribution in [0.15, 0.2) is 24.3 Å². The molecule has 2 fully saturated rings. The lowest BCUT2D eigenvalue weighted by atomic mass is 9.88. The molecule has 1 aromatic rings. The van der Waals surface area contributed by atoms with Crippen LogP contribution in [-0.4, -0.2) is 72.1 Å². The third-order valence-electron chi connectivity index (χ3n) is 6.03. The van der Waals surface area contributed by atoms with Crippen molar-refractivity contribution in [1.29, 1.82) is 0 Å². The van der Waals surface area contributed by atoms with Crippen LogP contribution in [0.2, 0.25) is 0 Å². The van der Waals surface area contributed by atoms with Crippen LogP contribution in [0.4, 0.5) is 0 Å². The molecule has 2 aliphatic rings. The number of ether oxygens (including phenoxy) is 1. The first-order valence-electron chi connectivity index (χ1n) is 10.7. The Bertz CT molecular complexity index is 548. The van der Waals surface area contributed by atoms with Gasteiger partial charge >= 0.3 is 0 Å². The van der Waals surface area contributed by atoms with E-state index >= 15 is 0 Å². The highest BCUT2D eigenvalue weighted by Crippen LogP contribution is 2.27. The van der Waals surface area contributed by atoms with Crippen LogP contribution in [0.1, 0.15) is 44.1 Å². The fourth-order valence-corrected chi connectivity index (χ4v) is 4.62. The van der Waals surface area contributed by atoms with Crippen LogP contribution in [-0.2, 0) is 6.54 Å². The Morgan fingerprint density at radius 1 is 1.04 bits per heavy atom. The molecule has 5 nitrogen and oxygen atoms in total. The van der Waals surface area contributed by atoms with E-state index in [-0.39, 0.29) is 13.2 Å². The maximum absolute atomic E-state index is 9.55. The van der Waals surface area contributed by atoms with E-state index in [1.54, 1.807) is 0 Å². The Morgan fingerprint density at radius 3 is 2.67 bits per heavy atom. The van der Waals surface area contributed by atoms with Gasteiger partial charge in [-0.2, -0.15) is 0 Å². The molecule has 0 amide bonds. The minimum absolute atomic E-state index is 0.0377. The zero-order valence-electron chi connectivity index (χ0n) is 16.6. The lowest BCUT2D eigenvalue weighted by Crippen LogP contribution is -2.54. The number of aliphatic hydroxyl groups is 2. The lowest BCUT2D eigenvalue weighted by Gasteiger charge is -2.43. The van der Waals surface area contributed by atoms with Crippen LogP contribution in [0.25, 0.3) is 0 Å². The van der Waals surface area contributed by atoms with Gasteiger partial charge in [-0.15, -0.1) is 0 Å². The maximum atomic E-state index is 9.55. The number of piperazine rings is 1. The molecule has 0 unspecified atom stereocenters. The summed E-state index contributed by atoms with van der Waals surface area (Å²) >= 11 is 0. The van der Waals surface area contributed by atoms with Gasteiger partial charge < -0.3 is 14.9 Å². The number of hydrogen-bond acceptors (Lipinski definition) is 5. The molecule has 1 atom stereocenters. The number of hydrogen-bond donors (Lipinski definition) is 2. The second-order valence-corrected chi connectivity index (χ2v) is 8.12. The summed E-state index contributed by atoms with van der Waals surface area (Å²) in [6.45, 7) is 5.97. The van der Waals surface area contributed by atoms with Gasteiger partial charge in [0, 0.05) is 45.4 Å². The molecular formula is C22H36N2O3. The van der Waals surface area contributed by atoms with Crippen molar-refractivity contribution in [3.63, 3.8) is 0 Å². The first-order chi connectivity index (χ1) is 13.3. The molecular weight excluding hydrogens is 340 g/mol. The summed E-state index contributed by atoms with van der Waals surface area (Å²) in [5.41, 5.74) is 1.24. The Balaban J connectivity index is 1.54. The SMILES string of the molecule is OCCOc1cccc(CN2CCN(CC3CCCCC3)[C@H](CCO)C2)c1. The van der Waals surface area contributed by atoms with Crippen molar-refractivity contribution in [1.82, 2.24) is 9.80 Å². The van der Waals surface area contributed by atoms with E-state index in [0.717, 1.165) is 44.3 Å². The highest BCUT2D eigenvalue weighted by Gasteiger charge is 2.28. The van der Waals surface area contributed by atoms with Crippen molar-refractivity contribution in [2.24, 2.45) is 5.92 Å². The second kappa shape index (κ2) is 11.0. The van der Waals surface area contributed by atoms with E-state index in [1.165, 1.54) is 44.2 Å². The van der Waals surface area contributed by atoms with Gasteiger partial charge in [-0.1, -0.05) is 31.4 Å². The first kappa shape index (κ1) is 20.6. The summed E-state index contributed by atoms with van der Waals surface area (Å²) in [4.78, 5) is 5.15. The predicted molar refractivity (Wildman–Crippen MR) is 108 cm³/mol. The van der Waals surface area contributed by atoms with Crippen molar-refractivity contribution in [2.75, 3.05) is 46.0 Å². The largest absolute Gasteiger partial charge is 0.491 e. The van der Waals surface area contributed by atoms with Crippen molar-refractivity contribution >= 4 is 0 Å². The summed E-state index contributed by atoms with van der Waals surface area (Å²) < 4.78 is 5.54. The summed E-state index contributed by atoms with van der Waals surface area (Å²) in [5, 5.41) is 18.5. The summed E-state index contributed by atoms with van der Waals surface area (Å²) in [6, 6.07) is 8.63. The van der Waals surface area contributed by atoms with Crippen molar-refractivity contribution < 1.29 is 14.9 Å². The Morgan fingerprint density at radius 2 is 1.89 bits per heavy atom. The number of aliphatic hydroxyl groups excluding tert-OH is 2. The van der Waals surface area contributed by atoms with Gasteiger partial charge in [0.15, 0.2) is 0 Å². The molecule has 5 heteroatoms. The standard InChI is InChI=1S/C22H36N2O3/c25-12-9-21-18-23(10-11-24(21)17-19-5-2-1-3-6-19)16-20-7-4-8-22(15-20)27-14-13-26/h4,7-8,15,19,21,25-26H,1-3,5-6,9-14,16-18H2/t21-/m1/s1. The number of rotatable bonds is 9. The second-order valence-electron chi connectivity index (χ2n) is 8.12. The molecule has 2 N–H and O–H groups in total. The molecule has 0 bridgehead atoms. The average Bonchev–Trinajstić information content (AvgIpc) is 2.70. The molecule has 1 aliphatic heterocycles. The molecule has 27 heavy (non-hydrogen) atoms. The molecule has 0 spiro atoms. The maximum Gasteiger partial charge on any atom is 0.119 e. The average molecular weight is 377 g/mol. The molecule has 1 heterocycles. The third-order valence-corrected chi connectivity index (χ3v) is 6.03. The summed E-state index contributed by atoms with van der Waals surface area (Å²) in [7, 11) is 0. The van der Waals surface area contributed by atoms with Crippen molar-refractivity contribution in [3.8, 4) is 5.75 Å². The number of nitrogens with zero attached hydrogens (tertiary/aromatic N) is 2. The molecule has 3 rings (SSSR count). The predicted octanol–water partition coefficient (Wildman–Crippen LogP) is 2.51. The van der Waals surface area contributed by atoms with Crippen LogP contribution >= 0.6 is 0 Å². The zero-order valence-corrected chi connectivity index (χ0v) is 16.6. The number of benzene rings is 1. The molecule has 0 aromatic heterocycles. The van der Waals surface area contributed by atoms with E-state index in [1.807, 2.05) is 12.1 Å². The van der Waals surface area contributed by atoms with Crippen LogP contribution in [0.3, 0.4) is 0 Å². The molecule has 152 valence electrons. The monoisotopic (exact) mass is 376 g/mol. The Hall–Kier alpha value is -1.14. The fourth-order valence-electron chi connectivity index (χ4n) is 4.62. The van der Waals surface area contributed by atoms with Gasteiger partial charge in [0.1, 0.15) is 12.4 Å². The van der Waals surface area contributed by atoms with Crippen molar-refractivity contribution in [2.45, 2.75) is 51.1 Å². The zero-order chi connectivity index (χ0) is 18.9. The van der Waals surface area contributed by atoms with Gasteiger partial charge in [0.25, 0.3) is 0 Å². The normalized spacial score (nSPS) is 22.8. The Kier molecular flexibility index (Phi) is 8.39. The summed E-state index contributed by atoms with van der Waals surface area (Å²) in [5.74, 6) is 1.68. The molecule has 1 saturated carbocycles. The van der Waals surface area contributed by atoms with E-state index < -0.39 is 0 Å². The van der Waals surface area contributed by atoms with E-state index in [0.29, 0.717) is 12.6 Å². The lowest BCUT2D eigenvalue weighted by molar-refractivity contribution is 0.0400. The van der Waals surface area contributed by atoms with Gasteiger partial charge in [-0.25, -0.2) is 0 Å². The van der Waals surface area contributed by atoms with Crippen LogP contribution in [0.5, 0.6) is 5.75 Å². The van der Waals surface area contributed by atoms with Crippen molar-refractivity contribution in [3.05, 3.63) is 29.8 Å². The van der Waals surface area contributed by atoms with E-state index in [4.69, 9.17) is 9.84 Å². The third kappa shape index (κ3) is 6.46. The molecule has 0 radical (unpaired) electrons. The van der Waals surface area contributed by atoms with Gasteiger partial charge in [0.05, 0.1) is 6.61 Å². The molecule has 1 aromatic carbocycles. The highest BCUT2D eigenvalue weighted by molar-refractivity contribution is 5.28.